The molecule has 0 saturated carbocycles. The van der Waals surface area contributed by atoms with Crippen LogP contribution in [0.2, 0.25) is 0 Å². The van der Waals surface area contributed by atoms with Crippen LogP contribution in [0.15, 0.2) is 24.3 Å². The van der Waals surface area contributed by atoms with Crippen molar-refractivity contribution < 1.29 is 14.6 Å². The fraction of sp³-hybridized carbons (Fsp3) is 0.391. The number of para-hydroxylation sites is 2. The Hall–Kier alpha value is -3.13. The lowest BCUT2D eigenvalue weighted by atomic mass is 9.85. The van der Waals surface area contributed by atoms with Gasteiger partial charge in [0.1, 0.15) is 17.1 Å². The van der Waals surface area contributed by atoms with Gasteiger partial charge in [-0.05, 0) is 69.4 Å². The summed E-state index contributed by atoms with van der Waals surface area (Å²) in [4.78, 5) is 12.4. The minimum absolute atomic E-state index is 0. The molecule has 1 aliphatic heterocycles. The molecule has 32 heavy (non-hydrogen) atoms. The van der Waals surface area contributed by atoms with Crippen molar-refractivity contribution in [3.05, 3.63) is 46.5 Å². The zero-order chi connectivity index (χ0) is 22.8. The Labute approximate surface area is 194 Å². The minimum atomic E-state index is -0.408. The van der Waals surface area contributed by atoms with Crippen LogP contribution in [0.3, 0.4) is 0 Å². The van der Waals surface area contributed by atoms with Gasteiger partial charge in [-0.1, -0.05) is 12.1 Å². The number of aromatic hydroxyl groups is 1. The maximum atomic E-state index is 12.4. The molecule has 7 N–H and O–H groups in total. The molecule has 9 heteroatoms. The Kier molecular flexibility index (Phi) is 7.85. The summed E-state index contributed by atoms with van der Waals surface area (Å²) in [6.07, 6.45) is 2.27. The molecule has 2 amide bonds. The molecule has 0 aliphatic carbocycles. The summed E-state index contributed by atoms with van der Waals surface area (Å²) >= 11 is 0. The van der Waals surface area contributed by atoms with Crippen molar-refractivity contribution in [2.24, 2.45) is 5.73 Å². The van der Waals surface area contributed by atoms with Crippen LogP contribution in [-0.4, -0.2) is 29.2 Å². The van der Waals surface area contributed by atoms with Gasteiger partial charge in [-0.3, -0.25) is 5.41 Å². The van der Waals surface area contributed by atoms with Crippen molar-refractivity contribution in [1.82, 2.24) is 5.32 Å². The molecule has 8 nitrogen and oxygen atoms in total. The van der Waals surface area contributed by atoms with Gasteiger partial charge >= 0.3 is 6.03 Å². The molecule has 2 aromatic carbocycles. The van der Waals surface area contributed by atoms with Gasteiger partial charge in [-0.2, -0.15) is 0 Å². The first-order chi connectivity index (χ1) is 14.6. The van der Waals surface area contributed by atoms with E-state index in [-0.39, 0.29) is 24.4 Å². The summed E-state index contributed by atoms with van der Waals surface area (Å²) in [5.74, 6) is 1.00. The maximum Gasteiger partial charge on any atom is 0.319 e. The number of benzene rings is 2. The first kappa shape index (κ1) is 25.1. The molecule has 1 aliphatic rings. The highest BCUT2D eigenvalue weighted by Gasteiger charge is 2.34. The van der Waals surface area contributed by atoms with E-state index >= 15 is 0 Å². The number of guanidine groups is 1. The van der Waals surface area contributed by atoms with Crippen molar-refractivity contribution in [3.63, 3.8) is 0 Å². The van der Waals surface area contributed by atoms with Crippen LogP contribution >= 0.6 is 12.4 Å². The molecular formula is C23H32ClN5O3. The van der Waals surface area contributed by atoms with E-state index in [2.05, 4.69) is 22.9 Å². The van der Waals surface area contributed by atoms with Crippen molar-refractivity contribution in [3.8, 4) is 11.5 Å². The average molecular weight is 462 g/mol. The predicted molar refractivity (Wildman–Crippen MR) is 131 cm³/mol. The number of phenols is 1. The normalized spacial score (nSPS) is 16.8. The lowest BCUT2D eigenvalue weighted by molar-refractivity contribution is 0.0559. The van der Waals surface area contributed by atoms with Crippen LogP contribution in [0.25, 0.3) is 0 Å². The number of hydrogen-bond donors (Lipinski definition) is 6. The highest BCUT2D eigenvalue weighted by atomic mass is 35.5. The summed E-state index contributed by atoms with van der Waals surface area (Å²) in [6.45, 7) is 8.29. The topological polar surface area (TPSA) is 132 Å². The van der Waals surface area contributed by atoms with Crippen molar-refractivity contribution >= 4 is 35.8 Å². The molecule has 0 radical (unpaired) electrons. The van der Waals surface area contributed by atoms with E-state index in [0.29, 0.717) is 30.1 Å². The Bertz CT molecular complexity index is 1030. The van der Waals surface area contributed by atoms with Crippen LogP contribution in [0, 0.1) is 26.2 Å². The second-order valence-corrected chi connectivity index (χ2v) is 8.30. The molecule has 0 bridgehead atoms. The average Bonchev–Trinajstić information content (AvgIpc) is 2.71. The molecule has 174 valence electrons. The molecule has 0 aromatic heterocycles. The number of urea groups is 1. The summed E-state index contributed by atoms with van der Waals surface area (Å²) in [6, 6.07) is 6.70. The Morgan fingerprint density at radius 1 is 1.16 bits per heavy atom. The molecule has 0 saturated heterocycles. The number of nitrogens with two attached hydrogens (primary N) is 1. The summed E-state index contributed by atoms with van der Waals surface area (Å²) in [5, 5.41) is 26.1. The van der Waals surface area contributed by atoms with E-state index in [4.69, 9.17) is 15.9 Å². The fourth-order valence-corrected chi connectivity index (χ4v) is 3.92. The molecule has 1 heterocycles. The SMILES string of the molecule is Cc1c(C)c2c(c(C)c1O)CCC(C)(CCNC(=O)Nc1ccccc1NC(=N)N)O2.Cl. The zero-order valence-corrected chi connectivity index (χ0v) is 19.7. The van der Waals surface area contributed by atoms with E-state index in [1.807, 2.05) is 20.8 Å². The number of rotatable bonds is 5. The molecule has 3 rings (SSSR count). The number of carbonyl (C=O) groups excluding carboxylic acids is 1. The zero-order valence-electron chi connectivity index (χ0n) is 18.9. The number of carbonyl (C=O) groups is 1. The number of fused-ring (bicyclic) bond motifs is 1. The third-order valence-electron chi connectivity index (χ3n) is 5.98. The third kappa shape index (κ3) is 5.37. The molecule has 2 aromatic rings. The van der Waals surface area contributed by atoms with E-state index in [1.54, 1.807) is 24.3 Å². The number of amides is 2. The van der Waals surface area contributed by atoms with Gasteiger partial charge in [0.15, 0.2) is 5.96 Å². The number of nitrogens with one attached hydrogen (secondary N) is 4. The van der Waals surface area contributed by atoms with Gasteiger partial charge in [0.2, 0.25) is 0 Å². The van der Waals surface area contributed by atoms with Crippen molar-refractivity contribution in [2.45, 2.75) is 52.6 Å². The number of anilines is 2. The molecule has 0 fully saturated rings. The van der Waals surface area contributed by atoms with Gasteiger partial charge in [-0.25, -0.2) is 4.79 Å². The Morgan fingerprint density at radius 3 is 2.41 bits per heavy atom. The number of ether oxygens (including phenoxy) is 1. The highest BCUT2D eigenvalue weighted by molar-refractivity contribution is 5.98. The van der Waals surface area contributed by atoms with E-state index in [1.165, 1.54) is 0 Å². The maximum absolute atomic E-state index is 12.4. The van der Waals surface area contributed by atoms with Gasteiger partial charge in [0, 0.05) is 18.5 Å². The minimum Gasteiger partial charge on any atom is -0.507 e. The Balaban J connectivity index is 0.00000363. The van der Waals surface area contributed by atoms with Gasteiger partial charge in [0.05, 0.1) is 11.4 Å². The van der Waals surface area contributed by atoms with E-state index in [0.717, 1.165) is 40.8 Å². The monoisotopic (exact) mass is 461 g/mol. The number of phenolic OH excluding ortho intramolecular Hbond substituents is 1. The van der Waals surface area contributed by atoms with Crippen molar-refractivity contribution in [1.29, 1.82) is 5.41 Å². The molecular weight excluding hydrogens is 430 g/mol. The first-order valence-electron chi connectivity index (χ1n) is 10.4. The number of hydrogen-bond acceptors (Lipinski definition) is 4. The van der Waals surface area contributed by atoms with Crippen LogP contribution in [-0.2, 0) is 6.42 Å². The van der Waals surface area contributed by atoms with E-state index < -0.39 is 5.60 Å². The third-order valence-corrected chi connectivity index (χ3v) is 5.98. The van der Waals surface area contributed by atoms with Crippen LogP contribution in [0.5, 0.6) is 11.5 Å². The lowest BCUT2D eigenvalue weighted by Crippen LogP contribution is -2.41. The largest absolute Gasteiger partial charge is 0.507 e. The highest BCUT2D eigenvalue weighted by Crippen LogP contribution is 2.43. The standard InChI is InChI=1S/C23H31N5O3.ClH/c1-13-14(2)20-16(15(3)19(13)29)9-10-23(4,31-20)11-12-26-22(30)28-18-8-6-5-7-17(18)27-21(24)25;/h5-8,29H,9-12H2,1-4H3,(H4,24,25,27)(H2,26,28,30);1H. The smallest absolute Gasteiger partial charge is 0.319 e. The molecule has 0 spiro atoms. The quantitative estimate of drug-likeness (QED) is 0.291. The summed E-state index contributed by atoms with van der Waals surface area (Å²) in [7, 11) is 0. The van der Waals surface area contributed by atoms with Gasteiger partial charge < -0.3 is 31.5 Å². The predicted octanol–water partition coefficient (Wildman–Crippen LogP) is 4.34. The van der Waals surface area contributed by atoms with E-state index in [9.17, 15) is 9.90 Å². The van der Waals surface area contributed by atoms with Crippen LogP contribution in [0.4, 0.5) is 16.2 Å². The second-order valence-electron chi connectivity index (χ2n) is 8.30. The fourth-order valence-electron chi connectivity index (χ4n) is 3.92. The second kappa shape index (κ2) is 9.99. The van der Waals surface area contributed by atoms with Gasteiger partial charge in [0.25, 0.3) is 0 Å². The van der Waals surface area contributed by atoms with Crippen LogP contribution in [0.1, 0.15) is 42.0 Å². The van der Waals surface area contributed by atoms with Crippen LogP contribution < -0.4 is 26.4 Å². The number of halogens is 1. The first-order valence-corrected chi connectivity index (χ1v) is 10.4. The molecule has 1 unspecified atom stereocenters. The lowest BCUT2D eigenvalue weighted by Gasteiger charge is -2.38. The molecule has 1 atom stereocenters. The van der Waals surface area contributed by atoms with Gasteiger partial charge in [-0.15, -0.1) is 12.4 Å². The van der Waals surface area contributed by atoms with Crippen molar-refractivity contribution in [2.75, 3.05) is 17.2 Å². The Morgan fingerprint density at radius 2 is 1.78 bits per heavy atom. The summed E-state index contributed by atoms with van der Waals surface area (Å²) in [5.41, 5.74) is 9.82. The summed E-state index contributed by atoms with van der Waals surface area (Å²) < 4.78 is 6.40.